The number of carboxylic acids is 1. The maximum atomic E-state index is 12.4. The van der Waals surface area contributed by atoms with Gasteiger partial charge in [0.15, 0.2) is 0 Å². The normalized spacial score (nSPS) is 21.1. The second kappa shape index (κ2) is 6.54. The third kappa shape index (κ3) is 3.94. The zero-order chi connectivity index (χ0) is 14.6. The number of carbonyl (C=O) groups excluding carboxylic acids is 2. The predicted molar refractivity (Wildman–Crippen MR) is 69.4 cm³/mol. The smallest absolute Gasteiger partial charge is 0.326 e. The molecule has 0 aromatic carbocycles. The minimum Gasteiger partial charge on any atom is -0.480 e. The van der Waals surface area contributed by atoms with E-state index in [4.69, 9.17) is 0 Å². The van der Waals surface area contributed by atoms with Gasteiger partial charge in [-0.1, -0.05) is 13.8 Å². The van der Waals surface area contributed by atoms with Crippen molar-refractivity contribution in [3.05, 3.63) is 0 Å². The van der Waals surface area contributed by atoms with Crippen LogP contribution in [0.1, 0.15) is 40.0 Å². The SMILES string of the molecule is CC(=O)NC(C(=O)N1CCCC[C@@H]1C(=O)O)C(C)C. The molecule has 0 spiro atoms. The van der Waals surface area contributed by atoms with Crippen molar-refractivity contribution >= 4 is 17.8 Å². The summed E-state index contributed by atoms with van der Waals surface area (Å²) in [5, 5.41) is 11.8. The molecule has 1 aliphatic rings. The first-order valence-electron chi connectivity index (χ1n) is 6.65. The van der Waals surface area contributed by atoms with Crippen molar-refractivity contribution < 1.29 is 19.5 Å². The van der Waals surface area contributed by atoms with Crippen LogP contribution in [0.25, 0.3) is 0 Å². The van der Waals surface area contributed by atoms with Crippen molar-refractivity contribution in [2.24, 2.45) is 5.92 Å². The molecule has 0 aliphatic carbocycles. The van der Waals surface area contributed by atoms with Crippen molar-refractivity contribution in [1.82, 2.24) is 10.2 Å². The molecule has 2 atom stereocenters. The lowest BCUT2D eigenvalue weighted by atomic mass is 9.97. The number of aliphatic carboxylic acids is 1. The van der Waals surface area contributed by atoms with E-state index in [0.717, 1.165) is 12.8 Å². The second-order valence-corrected chi connectivity index (χ2v) is 5.30. The lowest BCUT2D eigenvalue weighted by Gasteiger charge is -2.36. The highest BCUT2D eigenvalue weighted by molar-refractivity contribution is 5.90. The molecular formula is C13H22N2O4. The maximum Gasteiger partial charge on any atom is 0.326 e. The fraction of sp³-hybridized carbons (Fsp3) is 0.769. The zero-order valence-electron chi connectivity index (χ0n) is 11.7. The Hall–Kier alpha value is -1.59. The summed E-state index contributed by atoms with van der Waals surface area (Å²) in [6, 6.07) is -1.42. The molecule has 1 aliphatic heterocycles. The molecule has 1 saturated heterocycles. The summed E-state index contributed by atoms with van der Waals surface area (Å²) in [6.07, 6.45) is 2.10. The number of likely N-dealkylation sites (tertiary alicyclic amines) is 1. The average molecular weight is 270 g/mol. The molecule has 19 heavy (non-hydrogen) atoms. The first-order valence-corrected chi connectivity index (χ1v) is 6.65. The number of carbonyl (C=O) groups is 3. The summed E-state index contributed by atoms with van der Waals surface area (Å²) in [6.45, 7) is 5.46. The molecule has 108 valence electrons. The molecule has 2 amide bonds. The third-order valence-electron chi connectivity index (χ3n) is 3.36. The van der Waals surface area contributed by atoms with Crippen molar-refractivity contribution in [2.75, 3.05) is 6.54 Å². The minimum absolute atomic E-state index is 0.0761. The molecule has 6 heteroatoms. The van der Waals surface area contributed by atoms with Gasteiger partial charge >= 0.3 is 5.97 Å². The predicted octanol–water partition coefficient (Wildman–Crippen LogP) is 0.613. The van der Waals surface area contributed by atoms with Gasteiger partial charge in [-0.15, -0.1) is 0 Å². The van der Waals surface area contributed by atoms with Crippen LogP contribution >= 0.6 is 0 Å². The van der Waals surface area contributed by atoms with Crippen molar-refractivity contribution in [3.8, 4) is 0 Å². The van der Waals surface area contributed by atoms with Crippen LogP contribution in [0.15, 0.2) is 0 Å². The summed E-state index contributed by atoms with van der Waals surface area (Å²) in [7, 11) is 0. The van der Waals surface area contributed by atoms with E-state index in [1.165, 1.54) is 11.8 Å². The molecular weight excluding hydrogens is 248 g/mol. The van der Waals surface area contributed by atoms with Crippen molar-refractivity contribution in [3.63, 3.8) is 0 Å². The first kappa shape index (κ1) is 15.5. The monoisotopic (exact) mass is 270 g/mol. The molecule has 0 saturated carbocycles. The number of piperidine rings is 1. The van der Waals surface area contributed by atoms with Gasteiger partial charge in [-0.2, -0.15) is 0 Å². The van der Waals surface area contributed by atoms with Gasteiger partial charge in [0.1, 0.15) is 12.1 Å². The van der Waals surface area contributed by atoms with E-state index in [2.05, 4.69) is 5.32 Å². The summed E-state index contributed by atoms with van der Waals surface area (Å²) in [5.41, 5.74) is 0. The Kier molecular flexibility index (Phi) is 5.32. The number of carboxylic acid groups (broad SMARTS) is 1. The van der Waals surface area contributed by atoms with Crippen LogP contribution in [0, 0.1) is 5.92 Å². The minimum atomic E-state index is -0.974. The Labute approximate surface area is 113 Å². The van der Waals surface area contributed by atoms with Crippen LogP contribution in [0.3, 0.4) is 0 Å². The fourth-order valence-corrected chi connectivity index (χ4v) is 2.36. The Morgan fingerprint density at radius 1 is 1.26 bits per heavy atom. The summed E-state index contributed by atoms with van der Waals surface area (Å²) < 4.78 is 0. The van der Waals surface area contributed by atoms with Gasteiger partial charge < -0.3 is 15.3 Å². The summed E-state index contributed by atoms with van der Waals surface area (Å²) >= 11 is 0. The number of hydrogen-bond acceptors (Lipinski definition) is 3. The van der Waals surface area contributed by atoms with Gasteiger partial charge in [0.2, 0.25) is 11.8 Å². The van der Waals surface area contributed by atoms with E-state index in [0.29, 0.717) is 13.0 Å². The van der Waals surface area contributed by atoms with Crippen LogP contribution in [-0.2, 0) is 14.4 Å². The largest absolute Gasteiger partial charge is 0.480 e. The summed E-state index contributed by atoms with van der Waals surface area (Å²) in [4.78, 5) is 36.2. The molecule has 1 unspecified atom stereocenters. The molecule has 1 rings (SSSR count). The van der Waals surface area contributed by atoms with Crippen molar-refractivity contribution in [1.29, 1.82) is 0 Å². The topological polar surface area (TPSA) is 86.7 Å². The Morgan fingerprint density at radius 3 is 2.37 bits per heavy atom. The van der Waals surface area contributed by atoms with E-state index < -0.39 is 18.1 Å². The molecule has 2 N–H and O–H groups in total. The Bertz CT molecular complexity index is 368. The maximum absolute atomic E-state index is 12.4. The zero-order valence-corrected chi connectivity index (χ0v) is 11.7. The highest BCUT2D eigenvalue weighted by atomic mass is 16.4. The van der Waals surface area contributed by atoms with Crippen LogP contribution in [0.5, 0.6) is 0 Å². The molecule has 6 nitrogen and oxygen atoms in total. The molecule has 0 aromatic rings. The van der Waals surface area contributed by atoms with Crippen molar-refractivity contribution in [2.45, 2.75) is 52.1 Å². The highest BCUT2D eigenvalue weighted by Crippen LogP contribution is 2.19. The van der Waals surface area contributed by atoms with Gasteiger partial charge in [0.05, 0.1) is 0 Å². The van der Waals surface area contributed by atoms with E-state index in [-0.39, 0.29) is 17.7 Å². The van der Waals surface area contributed by atoms with Gasteiger partial charge in [-0.25, -0.2) is 4.79 Å². The quantitative estimate of drug-likeness (QED) is 0.783. The van der Waals surface area contributed by atoms with E-state index in [9.17, 15) is 19.5 Å². The van der Waals surface area contributed by atoms with Gasteiger partial charge in [-0.05, 0) is 25.2 Å². The van der Waals surface area contributed by atoms with E-state index >= 15 is 0 Å². The Balaban J connectivity index is 2.87. The lowest BCUT2D eigenvalue weighted by molar-refractivity contribution is -0.153. The van der Waals surface area contributed by atoms with Gasteiger partial charge in [-0.3, -0.25) is 9.59 Å². The molecule has 0 bridgehead atoms. The standard InChI is InChI=1S/C13H22N2O4/c1-8(2)11(14-9(3)16)12(17)15-7-5-4-6-10(15)13(18)19/h8,10-11H,4-7H2,1-3H3,(H,14,16)(H,18,19)/t10-,11?/m1/s1. The van der Waals surface area contributed by atoms with Crippen LogP contribution < -0.4 is 5.32 Å². The first-order chi connectivity index (χ1) is 8.84. The number of nitrogens with one attached hydrogen (secondary N) is 1. The number of amides is 2. The van der Waals surface area contributed by atoms with Crippen LogP contribution in [-0.4, -0.2) is 46.4 Å². The molecule has 0 aromatic heterocycles. The van der Waals surface area contributed by atoms with Crippen LogP contribution in [0.2, 0.25) is 0 Å². The lowest BCUT2D eigenvalue weighted by Crippen LogP contribution is -2.56. The molecule has 1 fully saturated rings. The average Bonchev–Trinajstić information content (AvgIpc) is 2.34. The van der Waals surface area contributed by atoms with Gasteiger partial charge in [0, 0.05) is 13.5 Å². The van der Waals surface area contributed by atoms with E-state index in [1.54, 1.807) is 0 Å². The Morgan fingerprint density at radius 2 is 1.89 bits per heavy atom. The van der Waals surface area contributed by atoms with Gasteiger partial charge in [0.25, 0.3) is 0 Å². The molecule has 0 radical (unpaired) electrons. The third-order valence-corrected chi connectivity index (χ3v) is 3.36. The van der Waals surface area contributed by atoms with Crippen LogP contribution in [0.4, 0.5) is 0 Å². The number of nitrogens with zero attached hydrogens (tertiary/aromatic N) is 1. The fourth-order valence-electron chi connectivity index (χ4n) is 2.36. The second-order valence-electron chi connectivity index (χ2n) is 5.30. The molecule has 1 heterocycles. The van der Waals surface area contributed by atoms with E-state index in [1.807, 2.05) is 13.8 Å². The number of hydrogen-bond donors (Lipinski definition) is 2. The number of rotatable bonds is 4. The highest BCUT2D eigenvalue weighted by Gasteiger charge is 2.36. The summed E-state index contributed by atoms with van der Waals surface area (Å²) in [5.74, 6) is -1.63.